The molecule has 0 saturated carbocycles. The van der Waals surface area contributed by atoms with Crippen molar-refractivity contribution >= 4 is 11.7 Å². The Balaban J connectivity index is 1.59. The summed E-state index contributed by atoms with van der Waals surface area (Å²) in [4.78, 5) is 13.8. The first-order valence-electron chi connectivity index (χ1n) is 8.29. The highest BCUT2D eigenvalue weighted by Crippen LogP contribution is 2.23. The van der Waals surface area contributed by atoms with Crippen LogP contribution in [0.1, 0.15) is 39.4 Å². The summed E-state index contributed by atoms with van der Waals surface area (Å²) in [7, 11) is 0. The smallest absolute Gasteiger partial charge is 0.410 e. The number of carbonyl (C=O) groups excluding carboxylic acids is 1. The minimum Gasteiger partial charge on any atom is -0.444 e. The van der Waals surface area contributed by atoms with E-state index in [4.69, 9.17) is 4.74 Å². The number of hydrogen-bond acceptors (Lipinski definition) is 4. The molecule has 2 aromatic heterocycles. The molecule has 24 heavy (non-hydrogen) atoms. The Hall–Kier alpha value is -2.18. The second-order valence-electron chi connectivity index (χ2n) is 7.31. The second-order valence-corrected chi connectivity index (χ2v) is 7.31. The summed E-state index contributed by atoms with van der Waals surface area (Å²) in [6, 6.07) is 3.00. The van der Waals surface area contributed by atoms with E-state index >= 15 is 0 Å². The molecule has 0 aliphatic carbocycles. The maximum absolute atomic E-state index is 13.4. The molecule has 130 valence electrons. The highest BCUT2D eigenvalue weighted by molar-refractivity contribution is 5.68. The van der Waals surface area contributed by atoms with Crippen LogP contribution in [0.5, 0.6) is 0 Å². The summed E-state index contributed by atoms with van der Waals surface area (Å²) in [6.45, 7) is 6.95. The molecule has 1 fully saturated rings. The van der Waals surface area contributed by atoms with Crippen molar-refractivity contribution in [3.05, 3.63) is 30.0 Å². The van der Waals surface area contributed by atoms with Crippen LogP contribution in [0.4, 0.5) is 9.18 Å². The maximum atomic E-state index is 13.4. The normalized spacial score (nSPS) is 16.6. The van der Waals surface area contributed by atoms with E-state index in [2.05, 4.69) is 10.2 Å². The fourth-order valence-electron chi connectivity index (χ4n) is 2.96. The topological polar surface area (TPSA) is 59.7 Å². The molecule has 1 amide bonds. The van der Waals surface area contributed by atoms with Gasteiger partial charge in [-0.25, -0.2) is 9.18 Å². The first kappa shape index (κ1) is 16.7. The van der Waals surface area contributed by atoms with Gasteiger partial charge in [-0.2, -0.15) is 0 Å². The molecule has 0 atom stereocenters. The van der Waals surface area contributed by atoms with Crippen LogP contribution in [0.15, 0.2) is 18.3 Å². The van der Waals surface area contributed by atoms with E-state index in [1.165, 1.54) is 12.3 Å². The number of fused-ring (bicyclic) bond motifs is 1. The molecule has 0 bridgehead atoms. The maximum Gasteiger partial charge on any atom is 0.410 e. The minimum atomic E-state index is -0.474. The molecule has 3 rings (SSSR count). The van der Waals surface area contributed by atoms with Gasteiger partial charge in [-0.1, -0.05) is 0 Å². The van der Waals surface area contributed by atoms with E-state index in [1.54, 1.807) is 15.4 Å². The van der Waals surface area contributed by atoms with Gasteiger partial charge in [0.1, 0.15) is 17.2 Å². The molecule has 1 aliphatic heterocycles. The molecule has 2 aromatic rings. The van der Waals surface area contributed by atoms with Crippen LogP contribution >= 0.6 is 0 Å². The van der Waals surface area contributed by atoms with E-state index in [1.807, 2.05) is 20.8 Å². The van der Waals surface area contributed by atoms with Crippen LogP contribution in [-0.4, -0.2) is 44.3 Å². The van der Waals surface area contributed by atoms with Crippen molar-refractivity contribution in [2.45, 2.75) is 45.6 Å². The summed E-state index contributed by atoms with van der Waals surface area (Å²) in [5.41, 5.74) is 0.177. The fourth-order valence-corrected chi connectivity index (χ4v) is 2.96. The molecular weight excluding hydrogens is 311 g/mol. The molecule has 6 nitrogen and oxygen atoms in total. The van der Waals surface area contributed by atoms with Gasteiger partial charge in [0, 0.05) is 25.7 Å². The molecule has 3 heterocycles. The van der Waals surface area contributed by atoms with Gasteiger partial charge in [-0.15, -0.1) is 10.2 Å². The number of piperidine rings is 1. The number of aromatic nitrogens is 3. The van der Waals surface area contributed by atoms with Crippen LogP contribution in [-0.2, 0) is 11.2 Å². The van der Waals surface area contributed by atoms with Crippen molar-refractivity contribution in [3.63, 3.8) is 0 Å². The van der Waals surface area contributed by atoms with Gasteiger partial charge in [0.25, 0.3) is 0 Å². The lowest BCUT2D eigenvalue weighted by atomic mass is 9.93. The monoisotopic (exact) mass is 334 g/mol. The summed E-state index contributed by atoms with van der Waals surface area (Å²) in [6.07, 6.45) is 3.65. The molecule has 7 heteroatoms. The molecular formula is C17H23FN4O2. The third-order valence-electron chi connectivity index (χ3n) is 4.17. The predicted molar refractivity (Wildman–Crippen MR) is 87.2 cm³/mol. The van der Waals surface area contributed by atoms with Crippen LogP contribution in [0, 0.1) is 11.7 Å². The Bertz CT molecular complexity index is 730. The standard InChI is InChI=1S/C17H23FN4O2/c1-17(2,3)24-16(23)21-8-6-12(7-9-21)10-15-20-19-14-5-4-13(18)11-22(14)15/h4-5,11-12H,6-10H2,1-3H3. The number of likely N-dealkylation sites (tertiary alicyclic amines) is 1. The van der Waals surface area contributed by atoms with Gasteiger partial charge in [0.15, 0.2) is 5.65 Å². The first-order chi connectivity index (χ1) is 11.3. The number of halogens is 1. The Morgan fingerprint density at radius 1 is 1.29 bits per heavy atom. The van der Waals surface area contributed by atoms with Gasteiger partial charge >= 0.3 is 6.09 Å². The van der Waals surface area contributed by atoms with Gasteiger partial charge in [0.05, 0.1) is 0 Å². The zero-order valence-corrected chi connectivity index (χ0v) is 14.3. The van der Waals surface area contributed by atoms with Gasteiger partial charge in [-0.3, -0.25) is 4.40 Å². The van der Waals surface area contributed by atoms with Gasteiger partial charge in [-0.05, 0) is 51.7 Å². The zero-order chi connectivity index (χ0) is 17.3. The van der Waals surface area contributed by atoms with Crippen molar-refractivity contribution in [1.82, 2.24) is 19.5 Å². The number of rotatable bonds is 2. The summed E-state index contributed by atoms with van der Waals surface area (Å²) < 4.78 is 20.5. The number of ether oxygens (including phenoxy) is 1. The molecule has 0 unspecified atom stereocenters. The van der Waals surface area contributed by atoms with E-state index in [0.717, 1.165) is 25.1 Å². The van der Waals surface area contributed by atoms with Crippen molar-refractivity contribution in [2.75, 3.05) is 13.1 Å². The highest BCUT2D eigenvalue weighted by Gasteiger charge is 2.27. The number of carbonyl (C=O) groups is 1. The van der Waals surface area contributed by atoms with Crippen molar-refractivity contribution < 1.29 is 13.9 Å². The molecule has 0 spiro atoms. The minimum absolute atomic E-state index is 0.254. The number of nitrogens with zero attached hydrogens (tertiary/aromatic N) is 4. The number of hydrogen-bond donors (Lipinski definition) is 0. The quantitative estimate of drug-likeness (QED) is 0.847. The Labute approximate surface area is 140 Å². The van der Waals surface area contributed by atoms with Crippen LogP contribution < -0.4 is 0 Å². The molecule has 1 aliphatic rings. The average Bonchev–Trinajstić information content (AvgIpc) is 2.88. The first-order valence-corrected chi connectivity index (χ1v) is 8.29. The Kier molecular flexibility index (Phi) is 4.43. The molecule has 1 saturated heterocycles. The third kappa shape index (κ3) is 3.83. The fraction of sp³-hybridized carbons (Fsp3) is 0.588. The largest absolute Gasteiger partial charge is 0.444 e. The Morgan fingerprint density at radius 3 is 2.67 bits per heavy atom. The summed E-state index contributed by atoms with van der Waals surface area (Å²) in [5, 5.41) is 8.24. The van der Waals surface area contributed by atoms with Crippen LogP contribution in [0.2, 0.25) is 0 Å². The third-order valence-corrected chi connectivity index (χ3v) is 4.17. The highest BCUT2D eigenvalue weighted by atomic mass is 19.1. The second kappa shape index (κ2) is 6.37. The van der Waals surface area contributed by atoms with Crippen molar-refractivity contribution in [2.24, 2.45) is 5.92 Å². The number of amides is 1. The number of pyridine rings is 1. The van der Waals surface area contributed by atoms with Gasteiger partial charge in [0.2, 0.25) is 0 Å². The lowest BCUT2D eigenvalue weighted by Gasteiger charge is -2.33. The predicted octanol–water partition coefficient (Wildman–Crippen LogP) is 3.06. The van der Waals surface area contributed by atoms with Crippen molar-refractivity contribution in [3.8, 4) is 0 Å². The summed E-state index contributed by atoms with van der Waals surface area (Å²) in [5.74, 6) is 0.864. The van der Waals surface area contributed by atoms with E-state index in [-0.39, 0.29) is 11.9 Å². The van der Waals surface area contributed by atoms with Crippen LogP contribution in [0.25, 0.3) is 5.65 Å². The van der Waals surface area contributed by atoms with E-state index in [9.17, 15) is 9.18 Å². The van der Waals surface area contributed by atoms with E-state index in [0.29, 0.717) is 24.7 Å². The SMILES string of the molecule is CC(C)(C)OC(=O)N1CCC(Cc2nnc3ccc(F)cn23)CC1. The van der Waals surface area contributed by atoms with Gasteiger partial charge < -0.3 is 9.64 Å². The average molecular weight is 334 g/mol. The summed E-state index contributed by atoms with van der Waals surface area (Å²) >= 11 is 0. The lowest BCUT2D eigenvalue weighted by Crippen LogP contribution is -2.42. The zero-order valence-electron chi connectivity index (χ0n) is 14.3. The molecule has 0 aromatic carbocycles. The van der Waals surface area contributed by atoms with E-state index < -0.39 is 5.60 Å². The van der Waals surface area contributed by atoms with Crippen LogP contribution in [0.3, 0.4) is 0 Å². The Morgan fingerprint density at radius 2 is 2.00 bits per heavy atom. The lowest BCUT2D eigenvalue weighted by molar-refractivity contribution is 0.0183. The molecule has 0 N–H and O–H groups in total. The molecule has 0 radical (unpaired) electrons. The van der Waals surface area contributed by atoms with Crippen molar-refractivity contribution in [1.29, 1.82) is 0 Å².